The van der Waals surface area contributed by atoms with Gasteiger partial charge in [-0.25, -0.2) is 0 Å². The molecule has 0 aromatic carbocycles. The van der Waals surface area contributed by atoms with E-state index >= 15 is 0 Å². The van der Waals surface area contributed by atoms with Crippen LogP contribution in [0.25, 0.3) is 11.0 Å². The lowest BCUT2D eigenvalue weighted by Crippen LogP contribution is -2.24. The summed E-state index contributed by atoms with van der Waals surface area (Å²) in [6.07, 6.45) is 3.15. The molecule has 0 amide bonds. The number of nitrogens with two attached hydrogens (primary N) is 1. The molecule has 4 N–H and O–H groups in total. The first-order valence-electron chi connectivity index (χ1n) is 7.77. The summed E-state index contributed by atoms with van der Waals surface area (Å²) in [6.45, 7) is 2.02. The fourth-order valence-electron chi connectivity index (χ4n) is 3.24. The van der Waals surface area contributed by atoms with Gasteiger partial charge in [0.05, 0.1) is 17.6 Å². The molecule has 0 bridgehead atoms. The molecule has 0 saturated carbocycles. The maximum Gasteiger partial charge on any atom is 0.262 e. The Morgan fingerprint density at radius 2 is 2.39 bits per heavy atom. The maximum absolute atomic E-state index is 12.2. The number of aromatic nitrogens is 3. The molecule has 3 rings (SSSR count). The highest BCUT2D eigenvalue weighted by Gasteiger charge is 2.37. The summed E-state index contributed by atoms with van der Waals surface area (Å²) in [4.78, 5) is 19.0. The van der Waals surface area contributed by atoms with Crippen LogP contribution in [-0.4, -0.2) is 45.6 Å². The van der Waals surface area contributed by atoms with Crippen LogP contribution < -0.4 is 11.3 Å². The van der Waals surface area contributed by atoms with Gasteiger partial charge in [-0.1, -0.05) is 6.92 Å². The van der Waals surface area contributed by atoms with Crippen molar-refractivity contribution in [3.63, 3.8) is 0 Å². The highest BCUT2D eigenvalue weighted by atomic mass is 16.6. The number of rotatable bonds is 5. The van der Waals surface area contributed by atoms with E-state index < -0.39 is 0 Å². The zero-order valence-corrected chi connectivity index (χ0v) is 13.3. The summed E-state index contributed by atoms with van der Waals surface area (Å²) in [5.41, 5.74) is 6.87. The molecule has 0 spiro atoms. The number of hydrogen-bond acceptors (Lipinski definition) is 6. The van der Waals surface area contributed by atoms with E-state index in [-0.39, 0.29) is 36.6 Å². The summed E-state index contributed by atoms with van der Waals surface area (Å²) >= 11 is 0. The molecule has 8 nitrogen and oxygen atoms in total. The molecule has 0 radical (unpaired) electrons. The van der Waals surface area contributed by atoms with Gasteiger partial charge in [0.1, 0.15) is 6.23 Å². The lowest BCUT2D eigenvalue weighted by atomic mass is 10.1. The molecule has 8 heteroatoms. The first kappa shape index (κ1) is 16.0. The van der Waals surface area contributed by atoms with Gasteiger partial charge in [-0.05, 0) is 18.4 Å². The minimum atomic E-state index is -0.298. The molecular formula is C15H22N4O4. The molecule has 1 aliphatic heterocycles. The van der Waals surface area contributed by atoms with E-state index in [9.17, 15) is 4.79 Å². The second kappa shape index (κ2) is 6.31. The van der Waals surface area contributed by atoms with Crippen LogP contribution in [0.1, 0.15) is 31.6 Å². The van der Waals surface area contributed by atoms with E-state index in [1.807, 2.05) is 17.7 Å². The Balaban J connectivity index is 2.05. The number of methoxy groups -OCH3 is 1. The van der Waals surface area contributed by atoms with Gasteiger partial charge >= 0.3 is 0 Å². The normalized spacial score (nSPS) is 24.6. The van der Waals surface area contributed by atoms with Crippen molar-refractivity contribution in [1.29, 1.82) is 0 Å². The lowest BCUT2D eigenvalue weighted by molar-refractivity contribution is -0.0360. The third-order valence-electron chi connectivity index (χ3n) is 4.37. The van der Waals surface area contributed by atoms with Gasteiger partial charge in [-0.15, -0.1) is 0 Å². The Kier molecular flexibility index (Phi) is 4.38. The van der Waals surface area contributed by atoms with Gasteiger partial charge in [0, 0.05) is 26.3 Å². The van der Waals surface area contributed by atoms with Crippen molar-refractivity contribution in [2.75, 3.05) is 19.5 Å². The number of hydrogen-bond donors (Lipinski definition) is 3. The van der Waals surface area contributed by atoms with E-state index in [2.05, 4.69) is 9.97 Å². The molecule has 1 aliphatic rings. The quantitative estimate of drug-likeness (QED) is 0.740. The second-order valence-corrected chi connectivity index (χ2v) is 5.72. The van der Waals surface area contributed by atoms with Crippen LogP contribution in [0.15, 0.2) is 11.0 Å². The number of aliphatic hydroxyl groups excluding tert-OH is 1. The van der Waals surface area contributed by atoms with E-state index in [4.69, 9.17) is 20.3 Å². The number of anilines is 1. The molecule has 3 unspecified atom stereocenters. The van der Waals surface area contributed by atoms with Gasteiger partial charge in [0.25, 0.3) is 5.56 Å². The average Bonchev–Trinajstić information content (AvgIpc) is 3.08. The lowest BCUT2D eigenvalue weighted by Gasteiger charge is -2.16. The third-order valence-corrected chi connectivity index (χ3v) is 4.37. The number of aromatic amines is 1. The highest BCUT2D eigenvalue weighted by molar-refractivity contribution is 5.80. The third kappa shape index (κ3) is 2.73. The number of nitrogen functional groups attached to an aromatic ring is 1. The van der Waals surface area contributed by atoms with Crippen molar-refractivity contribution in [2.45, 2.75) is 44.6 Å². The number of ether oxygens (including phenoxy) is 2. The molecule has 1 fully saturated rings. The Bertz CT molecular complexity index is 754. The van der Waals surface area contributed by atoms with Crippen molar-refractivity contribution < 1.29 is 14.6 Å². The van der Waals surface area contributed by atoms with E-state index in [0.29, 0.717) is 30.3 Å². The Labute approximate surface area is 133 Å². The number of H-pyrrole nitrogens is 1. The number of aliphatic hydroxyl groups is 1. The topological polar surface area (TPSA) is 115 Å². The summed E-state index contributed by atoms with van der Waals surface area (Å²) < 4.78 is 13.3. The number of fused-ring (bicyclic) bond motifs is 1. The van der Waals surface area contributed by atoms with E-state index in [0.717, 1.165) is 5.56 Å². The monoisotopic (exact) mass is 322 g/mol. The zero-order chi connectivity index (χ0) is 16.6. The highest BCUT2D eigenvalue weighted by Crippen LogP contribution is 2.34. The first-order valence-corrected chi connectivity index (χ1v) is 7.77. The largest absolute Gasteiger partial charge is 0.396 e. The van der Waals surface area contributed by atoms with Gasteiger partial charge in [0.15, 0.2) is 5.65 Å². The van der Waals surface area contributed by atoms with Crippen molar-refractivity contribution in [2.24, 2.45) is 0 Å². The molecule has 0 aliphatic carbocycles. The predicted molar refractivity (Wildman–Crippen MR) is 85.2 cm³/mol. The molecule has 1 saturated heterocycles. The van der Waals surface area contributed by atoms with E-state index in [1.54, 1.807) is 7.11 Å². The number of nitrogens with one attached hydrogen (secondary N) is 1. The SMILES string of the molecule is CCc1cn(C2CC(OC)C(CCO)O2)c2nc(N)[nH]c(=O)c12. The summed E-state index contributed by atoms with van der Waals surface area (Å²) in [7, 11) is 1.63. The molecule has 23 heavy (non-hydrogen) atoms. The zero-order valence-electron chi connectivity index (χ0n) is 13.3. The molecule has 2 aromatic rings. The van der Waals surface area contributed by atoms with Crippen LogP contribution in [-0.2, 0) is 15.9 Å². The van der Waals surface area contributed by atoms with Crippen LogP contribution >= 0.6 is 0 Å². The van der Waals surface area contributed by atoms with Crippen LogP contribution in [0.2, 0.25) is 0 Å². The molecule has 3 heterocycles. The summed E-state index contributed by atoms with van der Waals surface area (Å²) in [5.74, 6) is 0.0812. The Hall–Kier alpha value is -1.90. The van der Waals surface area contributed by atoms with Crippen LogP contribution in [0.4, 0.5) is 5.95 Å². The van der Waals surface area contributed by atoms with Crippen LogP contribution in [0.5, 0.6) is 0 Å². The average molecular weight is 322 g/mol. The minimum absolute atomic E-state index is 0.0365. The van der Waals surface area contributed by atoms with Crippen molar-refractivity contribution in [3.05, 3.63) is 22.1 Å². The number of aryl methyl sites for hydroxylation is 1. The smallest absolute Gasteiger partial charge is 0.262 e. The molecule has 126 valence electrons. The maximum atomic E-state index is 12.2. The van der Waals surface area contributed by atoms with Gasteiger partial charge in [-0.2, -0.15) is 4.98 Å². The van der Waals surface area contributed by atoms with E-state index in [1.165, 1.54) is 0 Å². The van der Waals surface area contributed by atoms with Gasteiger partial charge in [0.2, 0.25) is 5.95 Å². The predicted octanol–water partition coefficient (Wildman–Crippen LogP) is 0.554. The molecule has 3 atom stereocenters. The van der Waals surface area contributed by atoms with Gasteiger partial charge < -0.3 is 24.9 Å². The fourth-order valence-corrected chi connectivity index (χ4v) is 3.24. The van der Waals surface area contributed by atoms with Crippen molar-refractivity contribution >= 4 is 17.0 Å². The van der Waals surface area contributed by atoms with Gasteiger partial charge in [-0.3, -0.25) is 9.78 Å². The van der Waals surface area contributed by atoms with Crippen LogP contribution in [0.3, 0.4) is 0 Å². The Morgan fingerprint density at radius 3 is 3.04 bits per heavy atom. The van der Waals surface area contributed by atoms with Crippen LogP contribution in [0, 0.1) is 0 Å². The molecule has 2 aromatic heterocycles. The standard InChI is InChI=1S/C15H22N4O4/c1-3-8-7-19(13-12(8)14(21)18-15(16)17-13)11-6-10(22-2)9(23-11)4-5-20/h7,9-11,20H,3-6H2,1-2H3,(H3,16,17,18,21). The minimum Gasteiger partial charge on any atom is -0.396 e. The van der Waals surface area contributed by atoms with Crippen molar-refractivity contribution in [3.8, 4) is 0 Å². The summed E-state index contributed by atoms with van der Waals surface area (Å²) in [5, 5.41) is 9.71. The van der Waals surface area contributed by atoms with Crippen molar-refractivity contribution in [1.82, 2.24) is 14.5 Å². The summed E-state index contributed by atoms with van der Waals surface area (Å²) in [6, 6.07) is 0. The Morgan fingerprint density at radius 1 is 1.61 bits per heavy atom. The fraction of sp³-hybridized carbons (Fsp3) is 0.600. The first-order chi connectivity index (χ1) is 11.1. The molecular weight excluding hydrogens is 300 g/mol. The second-order valence-electron chi connectivity index (χ2n) is 5.72. The number of nitrogens with zero attached hydrogens (tertiary/aromatic N) is 2.